The van der Waals surface area contributed by atoms with Crippen LogP contribution in [0.5, 0.6) is 0 Å². The number of rotatable bonds is 15. The Morgan fingerprint density at radius 1 is 1.10 bits per heavy atom. The van der Waals surface area contributed by atoms with E-state index in [4.69, 9.17) is 4.74 Å². The van der Waals surface area contributed by atoms with Crippen LogP contribution in [0.15, 0.2) is 10.9 Å². The molecule has 1 heterocycles. The third-order valence-electron chi connectivity index (χ3n) is 7.48. The van der Waals surface area contributed by atoms with Crippen molar-refractivity contribution in [2.24, 2.45) is 11.8 Å². The number of ether oxygens (including phenoxy) is 1. The second-order valence-electron chi connectivity index (χ2n) is 12.9. The van der Waals surface area contributed by atoms with Crippen LogP contribution in [0, 0.1) is 11.8 Å². The third kappa shape index (κ3) is 13.1. The quantitative estimate of drug-likeness (QED) is 0.191. The first kappa shape index (κ1) is 35.0. The molecule has 41 heavy (non-hydrogen) atoms. The van der Waals surface area contributed by atoms with Gasteiger partial charge in [0.1, 0.15) is 11.6 Å². The van der Waals surface area contributed by atoms with E-state index in [1.165, 1.54) is 17.8 Å². The lowest BCUT2D eigenvalue weighted by atomic mass is 9.80. The smallest absolute Gasteiger partial charge is 0.408 e. The van der Waals surface area contributed by atoms with Gasteiger partial charge in [0, 0.05) is 18.3 Å². The van der Waals surface area contributed by atoms with Crippen molar-refractivity contribution >= 4 is 29.2 Å². The fourth-order valence-corrected chi connectivity index (χ4v) is 5.79. The van der Waals surface area contributed by atoms with Crippen LogP contribution in [0.4, 0.5) is 4.79 Å². The maximum atomic E-state index is 13.7. The van der Waals surface area contributed by atoms with E-state index in [2.05, 4.69) is 20.9 Å². The standard InChI is InChI=1S/C30H52N4O6S/c1-7-8-14-31-26(36)22(30(5,6)39)17-25(35)23(15-20-12-10-9-11-13-20)33-27(37)24(16-21-18-41-19-32-21)34-28(38)40-29(2,3)4/h18-20,22-25,35,39H,7-17H2,1-6H3,(H,31,36)(H,33,37)(H,34,38)/t22-,23+,24+,25+/m1/s1. The molecule has 4 atom stereocenters. The molecule has 0 spiro atoms. The van der Waals surface area contributed by atoms with E-state index >= 15 is 0 Å². The minimum absolute atomic E-state index is 0.0185. The zero-order valence-corrected chi connectivity index (χ0v) is 26.5. The van der Waals surface area contributed by atoms with Crippen molar-refractivity contribution in [3.8, 4) is 0 Å². The van der Waals surface area contributed by atoms with Gasteiger partial charge in [0.25, 0.3) is 0 Å². The Hall–Kier alpha value is -2.24. The minimum atomic E-state index is -1.37. The van der Waals surface area contributed by atoms with Crippen LogP contribution in [0.25, 0.3) is 0 Å². The van der Waals surface area contributed by atoms with Crippen molar-refractivity contribution < 1.29 is 29.3 Å². The van der Waals surface area contributed by atoms with Crippen molar-refractivity contribution in [2.75, 3.05) is 6.54 Å². The molecule has 5 N–H and O–H groups in total. The molecule has 3 amide bonds. The first-order valence-corrected chi connectivity index (χ1v) is 16.0. The average molecular weight is 597 g/mol. The molecule has 1 aliphatic rings. The lowest BCUT2D eigenvalue weighted by molar-refractivity contribution is -0.135. The van der Waals surface area contributed by atoms with Gasteiger partial charge >= 0.3 is 6.09 Å². The van der Waals surface area contributed by atoms with Crippen molar-refractivity contribution in [1.29, 1.82) is 0 Å². The number of unbranched alkanes of at least 4 members (excludes halogenated alkanes) is 1. The molecule has 10 nitrogen and oxygen atoms in total. The third-order valence-corrected chi connectivity index (χ3v) is 8.12. The number of carbonyl (C=O) groups is 3. The molecule has 0 aliphatic heterocycles. The van der Waals surface area contributed by atoms with E-state index < -0.39 is 47.3 Å². The van der Waals surface area contributed by atoms with Crippen LogP contribution in [0.3, 0.4) is 0 Å². The number of aliphatic hydroxyl groups is 2. The molecule has 1 aromatic rings. The van der Waals surface area contributed by atoms with E-state index in [9.17, 15) is 24.6 Å². The monoisotopic (exact) mass is 596 g/mol. The van der Waals surface area contributed by atoms with Crippen LogP contribution in [0.2, 0.25) is 0 Å². The summed E-state index contributed by atoms with van der Waals surface area (Å²) in [5.41, 5.74) is 0.203. The highest BCUT2D eigenvalue weighted by Crippen LogP contribution is 2.30. The fraction of sp³-hybridized carbons (Fsp3) is 0.800. The molecule has 0 radical (unpaired) electrons. The topological polar surface area (TPSA) is 150 Å². The van der Waals surface area contributed by atoms with E-state index in [1.807, 2.05) is 12.3 Å². The molecule has 1 aliphatic carbocycles. The van der Waals surface area contributed by atoms with Crippen LogP contribution in [0.1, 0.15) is 105 Å². The lowest BCUT2D eigenvalue weighted by Crippen LogP contribution is -2.55. The zero-order valence-electron chi connectivity index (χ0n) is 25.7. The summed E-state index contributed by atoms with van der Waals surface area (Å²) in [6.07, 6.45) is 5.99. The molecule has 0 aromatic carbocycles. The second-order valence-corrected chi connectivity index (χ2v) is 13.6. The average Bonchev–Trinajstić information content (AvgIpc) is 3.38. The molecular formula is C30H52N4O6S. The maximum Gasteiger partial charge on any atom is 0.408 e. The van der Waals surface area contributed by atoms with Gasteiger partial charge in [-0.1, -0.05) is 45.4 Å². The van der Waals surface area contributed by atoms with E-state index in [0.717, 1.165) is 38.5 Å². The van der Waals surface area contributed by atoms with Crippen molar-refractivity contribution in [2.45, 2.75) is 135 Å². The van der Waals surface area contributed by atoms with Gasteiger partial charge in [0.2, 0.25) is 11.8 Å². The van der Waals surface area contributed by atoms with Gasteiger partial charge in [0.15, 0.2) is 0 Å². The van der Waals surface area contributed by atoms with Gasteiger partial charge in [-0.3, -0.25) is 9.59 Å². The van der Waals surface area contributed by atoms with Gasteiger partial charge in [-0.05, 0) is 59.8 Å². The largest absolute Gasteiger partial charge is 0.444 e. The number of amides is 3. The highest BCUT2D eigenvalue weighted by Gasteiger charge is 2.38. The minimum Gasteiger partial charge on any atom is -0.444 e. The number of hydrogen-bond donors (Lipinski definition) is 5. The van der Waals surface area contributed by atoms with Gasteiger partial charge < -0.3 is 30.9 Å². The Morgan fingerprint density at radius 2 is 1.78 bits per heavy atom. The van der Waals surface area contributed by atoms with Crippen molar-refractivity contribution in [1.82, 2.24) is 20.9 Å². The Balaban J connectivity index is 2.25. The van der Waals surface area contributed by atoms with E-state index in [1.54, 1.807) is 40.1 Å². The number of alkyl carbamates (subject to hydrolysis) is 1. The summed E-state index contributed by atoms with van der Waals surface area (Å²) in [6.45, 7) is 10.9. The van der Waals surface area contributed by atoms with Crippen LogP contribution >= 0.6 is 11.3 Å². The normalized spacial score (nSPS) is 17.7. The van der Waals surface area contributed by atoms with Crippen LogP contribution in [-0.2, 0) is 20.7 Å². The Bertz CT molecular complexity index is 938. The first-order chi connectivity index (χ1) is 19.2. The Morgan fingerprint density at radius 3 is 2.34 bits per heavy atom. The highest BCUT2D eigenvalue weighted by molar-refractivity contribution is 7.07. The second kappa shape index (κ2) is 16.4. The van der Waals surface area contributed by atoms with Crippen LogP contribution in [-0.4, -0.2) is 69.0 Å². The number of aliphatic hydroxyl groups excluding tert-OH is 1. The van der Waals surface area contributed by atoms with Crippen LogP contribution < -0.4 is 16.0 Å². The molecule has 234 valence electrons. The number of carbonyl (C=O) groups excluding carboxylic acids is 3. The number of thiazole rings is 1. The van der Waals surface area contributed by atoms with Gasteiger partial charge in [0.05, 0.1) is 34.9 Å². The number of hydrogen-bond acceptors (Lipinski definition) is 8. The number of aromatic nitrogens is 1. The first-order valence-electron chi connectivity index (χ1n) is 15.0. The molecule has 1 fully saturated rings. The summed E-state index contributed by atoms with van der Waals surface area (Å²) in [6, 6.07) is -1.65. The predicted octanol–water partition coefficient (Wildman–Crippen LogP) is 4.09. The molecule has 1 saturated carbocycles. The van der Waals surface area contributed by atoms with Gasteiger partial charge in [-0.2, -0.15) is 0 Å². The SMILES string of the molecule is CCCCNC(=O)[C@@H](C[C@H](O)[C@H](CC1CCCCC1)NC(=O)[C@H](Cc1cscn1)NC(=O)OC(C)(C)C)C(C)(C)O. The Labute approximate surface area is 249 Å². The summed E-state index contributed by atoms with van der Waals surface area (Å²) in [5, 5.41) is 32.7. The molecule has 1 aromatic heterocycles. The summed E-state index contributed by atoms with van der Waals surface area (Å²) in [7, 11) is 0. The summed E-state index contributed by atoms with van der Waals surface area (Å²) in [4.78, 5) is 43.6. The van der Waals surface area contributed by atoms with Crippen molar-refractivity contribution in [3.63, 3.8) is 0 Å². The number of nitrogens with zero attached hydrogens (tertiary/aromatic N) is 1. The highest BCUT2D eigenvalue weighted by atomic mass is 32.1. The van der Waals surface area contributed by atoms with Gasteiger partial charge in [-0.25, -0.2) is 9.78 Å². The van der Waals surface area contributed by atoms with Crippen molar-refractivity contribution in [3.05, 3.63) is 16.6 Å². The van der Waals surface area contributed by atoms with E-state index in [0.29, 0.717) is 24.6 Å². The number of nitrogens with one attached hydrogen (secondary N) is 3. The van der Waals surface area contributed by atoms with E-state index in [-0.39, 0.29) is 18.7 Å². The molecule has 0 saturated heterocycles. The lowest BCUT2D eigenvalue weighted by Gasteiger charge is -2.35. The summed E-state index contributed by atoms with van der Waals surface area (Å²) < 4.78 is 5.40. The fourth-order valence-electron chi connectivity index (χ4n) is 5.22. The molecule has 0 bridgehead atoms. The van der Waals surface area contributed by atoms with Gasteiger partial charge in [-0.15, -0.1) is 11.3 Å². The molecular weight excluding hydrogens is 544 g/mol. The maximum absolute atomic E-state index is 13.7. The zero-order chi connectivity index (χ0) is 30.6. The Kier molecular flexibility index (Phi) is 14.0. The molecule has 2 rings (SSSR count). The molecule has 11 heteroatoms. The summed E-state index contributed by atoms with van der Waals surface area (Å²) in [5.74, 6) is -1.33. The predicted molar refractivity (Wildman–Crippen MR) is 160 cm³/mol. The molecule has 0 unspecified atom stereocenters. The summed E-state index contributed by atoms with van der Waals surface area (Å²) >= 11 is 1.39.